The second-order valence-corrected chi connectivity index (χ2v) is 7.21. The highest BCUT2D eigenvalue weighted by atomic mass is 16.5. The number of nitrogens with zero attached hydrogens (tertiary/aromatic N) is 4. The Bertz CT molecular complexity index is 986. The second-order valence-electron chi connectivity index (χ2n) is 7.21. The molecule has 0 saturated carbocycles. The van der Waals surface area contributed by atoms with Crippen molar-refractivity contribution in [2.45, 2.75) is 32.7 Å². The van der Waals surface area contributed by atoms with E-state index in [9.17, 15) is 4.79 Å². The smallest absolute Gasteiger partial charge is 0.263 e. The van der Waals surface area contributed by atoms with Crippen molar-refractivity contribution in [3.05, 3.63) is 41.9 Å². The molecule has 0 unspecified atom stereocenters. The van der Waals surface area contributed by atoms with Crippen LogP contribution < -0.4 is 15.0 Å². The molecule has 1 aliphatic rings. The summed E-state index contributed by atoms with van der Waals surface area (Å²) < 4.78 is 10.5. The molecule has 0 spiro atoms. The normalized spacial score (nSPS) is 16.8. The molecule has 0 aliphatic carbocycles. The van der Waals surface area contributed by atoms with Crippen LogP contribution in [0.5, 0.6) is 5.75 Å². The lowest BCUT2D eigenvalue weighted by atomic mass is 9.96. The van der Waals surface area contributed by atoms with Gasteiger partial charge < -0.3 is 19.5 Å². The zero-order valence-corrected chi connectivity index (χ0v) is 16.7. The molecule has 1 aromatic carbocycles. The molecule has 1 aliphatic heterocycles. The largest absolute Gasteiger partial charge is 0.497 e. The Kier molecular flexibility index (Phi) is 5.59. The first kappa shape index (κ1) is 19.2. The molecule has 3 aromatic rings. The molecule has 1 saturated heterocycles. The summed E-state index contributed by atoms with van der Waals surface area (Å²) in [7, 11) is 1.64. The number of rotatable bonds is 6. The molecular formula is C21H25N5O3. The Hall–Kier alpha value is -3.16. The lowest BCUT2D eigenvalue weighted by Crippen LogP contribution is -2.43. The molecule has 8 nitrogen and oxygen atoms in total. The van der Waals surface area contributed by atoms with Crippen LogP contribution in [0.2, 0.25) is 0 Å². The van der Waals surface area contributed by atoms with Gasteiger partial charge in [-0.3, -0.25) is 4.79 Å². The maximum atomic E-state index is 12.8. The second kappa shape index (κ2) is 8.46. The highest BCUT2D eigenvalue weighted by molar-refractivity contribution is 5.88. The summed E-state index contributed by atoms with van der Waals surface area (Å²) in [6, 6.07) is 7.72. The standard InChI is InChI=1S/C21H25N5O3/c1-3-17-18-19(23-13-24-21(18)29-25-17)26-10-4-5-15(12-26)20(27)22-11-14-6-8-16(28-2)9-7-14/h6-9,13,15H,3-5,10-12H2,1-2H3,(H,22,27)/t15-/m0/s1. The Morgan fingerprint density at radius 2 is 2.14 bits per heavy atom. The zero-order chi connectivity index (χ0) is 20.2. The quantitative estimate of drug-likeness (QED) is 0.686. The van der Waals surface area contributed by atoms with Gasteiger partial charge in [-0.05, 0) is 37.0 Å². The van der Waals surface area contributed by atoms with Crippen molar-refractivity contribution in [1.82, 2.24) is 20.4 Å². The van der Waals surface area contributed by atoms with Crippen molar-refractivity contribution in [2.75, 3.05) is 25.1 Å². The van der Waals surface area contributed by atoms with Crippen molar-refractivity contribution in [3.8, 4) is 5.75 Å². The van der Waals surface area contributed by atoms with Crippen LogP contribution in [-0.4, -0.2) is 41.2 Å². The average molecular weight is 395 g/mol. The van der Waals surface area contributed by atoms with Crippen molar-refractivity contribution in [2.24, 2.45) is 5.92 Å². The molecule has 0 bridgehead atoms. The molecule has 4 rings (SSSR count). The van der Waals surface area contributed by atoms with Crippen LogP contribution in [-0.2, 0) is 17.8 Å². The third kappa shape index (κ3) is 4.01. The van der Waals surface area contributed by atoms with Crippen LogP contribution >= 0.6 is 0 Å². The molecule has 8 heteroatoms. The number of carbonyl (C=O) groups excluding carboxylic acids is 1. The van der Waals surface area contributed by atoms with E-state index in [1.807, 2.05) is 31.2 Å². The van der Waals surface area contributed by atoms with E-state index in [4.69, 9.17) is 9.26 Å². The molecule has 1 fully saturated rings. The summed E-state index contributed by atoms with van der Waals surface area (Å²) in [4.78, 5) is 23.6. The average Bonchev–Trinajstić information content (AvgIpc) is 3.21. The minimum absolute atomic E-state index is 0.0665. The highest BCUT2D eigenvalue weighted by Gasteiger charge is 2.28. The topological polar surface area (TPSA) is 93.4 Å². The van der Waals surface area contributed by atoms with E-state index >= 15 is 0 Å². The summed E-state index contributed by atoms with van der Waals surface area (Å²) in [6.45, 7) is 4.00. The number of anilines is 1. The van der Waals surface area contributed by atoms with Gasteiger partial charge in [0.2, 0.25) is 5.91 Å². The fourth-order valence-electron chi connectivity index (χ4n) is 3.77. The van der Waals surface area contributed by atoms with Gasteiger partial charge in [0.15, 0.2) is 0 Å². The van der Waals surface area contributed by atoms with Crippen molar-refractivity contribution < 1.29 is 14.1 Å². The van der Waals surface area contributed by atoms with E-state index in [2.05, 4.69) is 25.3 Å². The number of aryl methyl sites for hydroxylation is 1. The number of piperidine rings is 1. The molecule has 1 N–H and O–H groups in total. The van der Waals surface area contributed by atoms with Crippen molar-refractivity contribution in [3.63, 3.8) is 0 Å². The van der Waals surface area contributed by atoms with Crippen LogP contribution in [0, 0.1) is 5.92 Å². The van der Waals surface area contributed by atoms with E-state index in [1.54, 1.807) is 7.11 Å². The van der Waals surface area contributed by atoms with Gasteiger partial charge in [-0.2, -0.15) is 4.98 Å². The van der Waals surface area contributed by atoms with Crippen LogP contribution in [0.15, 0.2) is 35.1 Å². The van der Waals surface area contributed by atoms with Crippen LogP contribution in [0.3, 0.4) is 0 Å². The summed E-state index contributed by atoms with van der Waals surface area (Å²) in [5.41, 5.74) is 2.39. The number of methoxy groups -OCH3 is 1. The Morgan fingerprint density at radius 3 is 2.90 bits per heavy atom. The number of fused-ring (bicyclic) bond motifs is 1. The summed E-state index contributed by atoms with van der Waals surface area (Å²) in [6.07, 6.45) is 4.03. The monoisotopic (exact) mass is 395 g/mol. The number of carbonyl (C=O) groups is 1. The first-order valence-corrected chi connectivity index (χ1v) is 9.94. The fourth-order valence-corrected chi connectivity index (χ4v) is 3.77. The van der Waals surface area contributed by atoms with Crippen LogP contribution in [0.4, 0.5) is 5.82 Å². The molecule has 0 radical (unpaired) electrons. The van der Waals surface area contributed by atoms with Gasteiger partial charge >= 0.3 is 0 Å². The number of hydrogen-bond acceptors (Lipinski definition) is 7. The maximum absolute atomic E-state index is 12.8. The number of amides is 1. The molecule has 1 amide bonds. The number of aromatic nitrogens is 3. The van der Waals surface area contributed by atoms with Gasteiger partial charge in [0.1, 0.15) is 23.3 Å². The maximum Gasteiger partial charge on any atom is 0.263 e. The van der Waals surface area contributed by atoms with Gasteiger partial charge in [0.25, 0.3) is 5.71 Å². The minimum Gasteiger partial charge on any atom is -0.497 e. The zero-order valence-electron chi connectivity index (χ0n) is 16.7. The van der Waals surface area contributed by atoms with Gasteiger partial charge in [0.05, 0.1) is 18.7 Å². The van der Waals surface area contributed by atoms with E-state index in [-0.39, 0.29) is 11.8 Å². The molecule has 29 heavy (non-hydrogen) atoms. The van der Waals surface area contributed by atoms with E-state index in [1.165, 1.54) is 6.33 Å². The highest BCUT2D eigenvalue weighted by Crippen LogP contribution is 2.30. The van der Waals surface area contributed by atoms with Gasteiger partial charge in [0, 0.05) is 19.6 Å². The number of ether oxygens (including phenoxy) is 1. The fraction of sp³-hybridized carbons (Fsp3) is 0.429. The molecule has 2 aromatic heterocycles. The minimum atomic E-state index is -0.0862. The van der Waals surface area contributed by atoms with E-state index < -0.39 is 0 Å². The summed E-state index contributed by atoms with van der Waals surface area (Å²) >= 11 is 0. The van der Waals surface area contributed by atoms with E-state index in [0.717, 1.165) is 54.0 Å². The predicted molar refractivity (Wildman–Crippen MR) is 109 cm³/mol. The van der Waals surface area contributed by atoms with Crippen LogP contribution in [0.25, 0.3) is 11.1 Å². The first-order chi connectivity index (χ1) is 14.2. The molecule has 1 atom stereocenters. The first-order valence-electron chi connectivity index (χ1n) is 9.94. The van der Waals surface area contributed by atoms with E-state index in [0.29, 0.717) is 18.8 Å². The Morgan fingerprint density at radius 1 is 1.31 bits per heavy atom. The number of hydrogen-bond donors (Lipinski definition) is 1. The Labute approximate surface area is 169 Å². The molecule has 152 valence electrons. The molecular weight excluding hydrogens is 370 g/mol. The third-order valence-corrected chi connectivity index (χ3v) is 5.38. The van der Waals surface area contributed by atoms with Gasteiger partial charge in [-0.15, -0.1) is 0 Å². The number of nitrogens with one attached hydrogen (secondary N) is 1. The van der Waals surface area contributed by atoms with Gasteiger partial charge in [-0.1, -0.05) is 24.2 Å². The van der Waals surface area contributed by atoms with Crippen LogP contribution in [0.1, 0.15) is 31.0 Å². The molecule has 3 heterocycles. The summed E-state index contributed by atoms with van der Waals surface area (Å²) in [5, 5.41) is 8.03. The lowest BCUT2D eigenvalue weighted by molar-refractivity contribution is -0.125. The third-order valence-electron chi connectivity index (χ3n) is 5.38. The lowest BCUT2D eigenvalue weighted by Gasteiger charge is -2.33. The summed E-state index contributed by atoms with van der Waals surface area (Å²) in [5.74, 6) is 1.59. The predicted octanol–water partition coefficient (Wildman–Crippen LogP) is 2.72. The van der Waals surface area contributed by atoms with Crippen molar-refractivity contribution >= 4 is 22.8 Å². The SMILES string of the molecule is CCc1noc2ncnc(N3CCC[C@H](C(=O)NCc4ccc(OC)cc4)C3)c12. The van der Waals surface area contributed by atoms with Crippen molar-refractivity contribution in [1.29, 1.82) is 0 Å². The van der Waals surface area contributed by atoms with Gasteiger partial charge in [-0.25, -0.2) is 4.98 Å². The Balaban J connectivity index is 1.44. The number of benzene rings is 1.